The number of fused-ring (bicyclic) bond motifs is 1. The third kappa shape index (κ3) is 5.56. The molecule has 10 heteroatoms. The summed E-state index contributed by atoms with van der Waals surface area (Å²) in [4.78, 5) is 35.8. The summed E-state index contributed by atoms with van der Waals surface area (Å²) in [6.45, 7) is 0.681. The number of hydrogen-bond donors (Lipinski definition) is 1. The van der Waals surface area contributed by atoms with Gasteiger partial charge in [0.15, 0.2) is 5.75 Å². The Kier molecular flexibility index (Phi) is 7.18. The molecule has 0 saturated carbocycles. The Balaban J connectivity index is 1.55. The van der Waals surface area contributed by atoms with Crippen molar-refractivity contribution >= 4 is 29.7 Å². The molecule has 1 unspecified atom stereocenters. The van der Waals surface area contributed by atoms with Crippen molar-refractivity contribution < 1.29 is 37.6 Å². The number of carbonyl (C=O) groups excluding carboxylic acids is 1. The van der Waals surface area contributed by atoms with Crippen LogP contribution in [0.3, 0.4) is 0 Å². The first-order valence-electron chi connectivity index (χ1n) is 10.8. The average Bonchev–Trinajstić information content (AvgIpc) is 2.82. The molecule has 0 aromatic heterocycles. The van der Waals surface area contributed by atoms with Gasteiger partial charge in [-0.2, -0.15) is 18.1 Å². The van der Waals surface area contributed by atoms with E-state index in [0.717, 1.165) is 29.5 Å². The van der Waals surface area contributed by atoms with Crippen LogP contribution in [0.4, 0.5) is 13.2 Å². The Morgan fingerprint density at radius 2 is 1.97 bits per heavy atom. The number of carboxylic acid groups (broad SMARTS) is 1. The lowest BCUT2D eigenvalue weighted by molar-refractivity contribution is -0.215. The van der Waals surface area contributed by atoms with E-state index in [9.17, 15) is 27.9 Å². The summed E-state index contributed by atoms with van der Waals surface area (Å²) in [5, 5.41) is 9.33. The molecule has 1 atom stereocenters. The largest absolute Gasteiger partial charge is 0.480 e. The third-order valence-electron chi connectivity index (χ3n) is 5.66. The number of piperidine rings is 1. The maximum Gasteiger partial charge on any atom is 0.417 e. The van der Waals surface area contributed by atoms with Crippen LogP contribution in [0.1, 0.15) is 36.0 Å². The Morgan fingerprint density at radius 1 is 1.15 bits per heavy atom. The van der Waals surface area contributed by atoms with E-state index in [4.69, 9.17) is 9.78 Å². The maximum atomic E-state index is 13.8. The zero-order valence-corrected chi connectivity index (χ0v) is 18.8. The predicted octanol–water partition coefficient (Wildman–Crippen LogP) is 5.20. The van der Waals surface area contributed by atoms with Crippen LogP contribution < -0.4 is 4.89 Å². The highest BCUT2D eigenvalue weighted by Gasteiger charge is 2.34. The third-order valence-corrected chi connectivity index (χ3v) is 6.73. The van der Waals surface area contributed by atoms with E-state index < -0.39 is 29.7 Å². The van der Waals surface area contributed by atoms with Gasteiger partial charge in [0, 0.05) is 34.4 Å². The number of rotatable bonds is 5. The molecule has 4 rings (SSSR count). The van der Waals surface area contributed by atoms with Crippen molar-refractivity contribution in [2.75, 3.05) is 13.2 Å². The number of amides is 1. The minimum atomic E-state index is -4.59. The molecule has 6 nitrogen and oxygen atoms in total. The first-order valence-corrected chi connectivity index (χ1v) is 11.6. The second-order valence-corrected chi connectivity index (χ2v) is 9.11. The minimum absolute atomic E-state index is 0.0332. The van der Waals surface area contributed by atoms with Gasteiger partial charge in [0.1, 0.15) is 6.04 Å². The molecule has 1 saturated heterocycles. The Bertz CT molecular complexity index is 1120. The fraction of sp³-hybridized carbons (Fsp3) is 0.333. The first kappa shape index (κ1) is 24.2. The second-order valence-electron chi connectivity index (χ2n) is 8.00. The summed E-state index contributed by atoms with van der Waals surface area (Å²) in [6, 6.07) is 8.07. The number of alkyl halides is 3. The van der Waals surface area contributed by atoms with Crippen LogP contribution in [-0.4, -0.2) is 41.1 Å². The Hall–Kier alpha value is -2.98. The fourth-order valence-corrected chi connectivity index (χ4v) is 4.97. The van der Waals surface area contributed by atoms with Gasteiger partial charge in [-0.25, -0.2) is 4.79 Å². The topological polar surface area (TPSA) is 76.1 Å². The SMILES string of the molecule is O=C(O)C1CCCCN1C(=O)/C=C/c1ccc(Sc2ccc3c(c2)CCOO3)c(C(F)(F)F)c1. The molecule has 34 heavy (non-hydrogen) atoms. The van der Waals surface area contributed by atoms with Gasteiger partial charge in [0.05, 0.1) is 12.2 Å². The smallest absolute Gasteiger partial charge is 0.417 e. The van der Waals surface area contributed by atoms with Crippen molar-refractivity contribution in [1.29, 1.82) is 0 Å². The highest BCUT2D eigenvalue weighted by atomic mass is 32.2. The highest BCUT2D eigenvalue weighted by molar-refractivity contribution is 7.99. The Labute approximate surface area is 198 Å². The molecule has 1 N–H and O–H groups in total. The number of nitrogens with zero attached hydrogens (tertiary/aromatic N) is 1. The summed E-state index contributed by atoms with van der Waals surface area (Å²) in [5.74, 6) is -1.06. The molecule has 1 fully saturated rings. The molecule has 2 aromatic carbocycles. The van der Waals surface area contributed by atoms with Crippen LogP contribution in [0.2, 0.25) is 0 Å². The minimum Gasteiger partial charge on any atom is -0.480 e. The molecule has 0 spiro atoms. The van der Waals surface area contributed by atoms with E-state index in [1.54, 1.807) is 18.2 Å². The highest BCUT2D eigenvalue weighted by Crippen LogP contribution is 2.41. The lowest BCUT2D eigenvalue weighted by atomic mass is 10.0. The molecule has 0 aliphatic carbocycles. The number of carbonyl (C=O) groups is 2. The van der Waals surface area contributed by atoms with Gasteiger partial charge in [0.2, 0.25) is 5.91 Å². The predicted molar refractivity (Wildman–Crippen MR) is 118 cm³/mol. The maximum absolute atomic E-state index is 13.8. The van der Waals surface area contributed by atoms with Crippen molar-refractivity contribution in [3.8, 4) is 5.75 Å². The number of halogens is 3. The summed E-state index contributed by atoms with van der Waals surface area (Å²) in [5.41, 5.74) is 0.246. The summed E-state index contributed by atoms with van der Waals surface area (Å²) in [6.07, 6.45) is 0.195. The lowest BCUT2D eigenvalue weighted by Crippen LogP contribution is -2.47. The van der Waals surface area contributed by atoms with Crippen molar-refractivity contribution in [2.45, 2.75) is 47.7 Å². The van der Waals surface area contributed by atoms with Crippen molar-refractivity contribution in [2.24, 2.45) is 0 Å². The summed E-state index contributed by atoms with van der Waals surface area (Å²) >= 11 is 0.992. The monoisotopic (exact) mass is 493 g/mol. The fourth-order valence-electron chi connectivity index (χ4n) is 3.96. The van der Waals surface area contributed by atoms with Crippen LogP contribution in [0.15, 0.2) is 52.3 Å². The molecule has 1 amide bonds. The molecular formula is C24H22F3NO5S. The van der Waals surface area contributed by atoms with Crippen LogP contribution in [0.5, 0.6) is 5.75 Å². The summed E-state index contributed by atoms with van der Waals surface area (Å²) in [7, 11) is 0. The number of aliphatic carboxylic acids is 1. The van der Waals surface area contributed by atoms with Gasteiger partial charge < -0.3 is 14.9 Å². The van der Waals surface area contributed by atoms with Gasteiger partial charge >= 0.3 is 12.1 Å². The first-order chi connectivity index (χ1) is 16.2. The zero-order valence-electron chi connectivity index (χ0n) is 18.0. The van der Waals surface area contributed by atoms with Crippen molar-refractivity contribution in [3.05, 3.63) is 59.2 Å². The van der Waals surface area contributed by atoms with Crippen LogP contribution in [0.25, 0.3) is 6.08 Å². The van der Waals surface area contributed by atoms with Crippen LogP contribution in [0, 0.1) is 0 Å². The second kappa shape index (κ2) is 10.1. The number of carboxylic acids is 1. The van der Waals surface area contributed by atoms with Crippen LogP contribution >= 0.6 is 11.8 Å². The van der Waals surface area contributed by atoms with Gasteiger partial charge in [0.25, 0.3) is 0 Å². The average molecular weight is 494 g/mol. The van der Waals surface area contributed by atoms with Crippen LogP contribution in [-0.2, 0) is 27.1 Å². The number of benzene rings is 2. The molecule has 0 bridgehead atoms. The van der Waals surface area contributed by atoms with Crippen molar-refractivity contribution in [3.63, 3.8) is 0 Å². The van der Waals surface area contributed by atoms with E-state index in [1.165, 1.54) is 23.1 Å². The van der Waals surface area contributed by atoms with E-state index >= 15 is 0 Å². The standard InChI is InChI=1S/C24H22F3NO5S/c25-24(26,27)18-13-15(5-9-22(29)28-11-2-1-3-19(28)23(30)31)4-8-21(18)34-17-6-7-20-16(14-17)10-12-32-33-20/h4-9,13-14,19H,1-3,10-12H2,(H,30,31)/b9-5+. The summed E-state index contributed by atoms with van der Waals surface area (Å²) < 4.78 is 41.5. The normalized spacial score (nSPS) is 18.4. The Morgan fingerprint density at radius 3 is 2.74 bits per heavy atom. The molecule has 2 aromatic rings. The van der Waals surface area contributed by atoms with E-state index in [1.807, 2.05) is 0 Å². The molecular weight excluding hydrogens is 471 g/mol. The molecule has 2 aliphatic heterocycles. The van der Waals surface area contributed by atoms with Gasteiger partial charge in [-0.1, -0.05) is 17.8 Å². The van der Waals surface area contributed by atoms with Crippen molar-refractivity contribution in [1.82, 2.24) is 4.90 Å². The molecule has 180 valence electrons. The zero-order chi connectivity index (χ0) is 24.3. The molecule has 2 heterocycles. The van der Waals surface area contributed by atoms with Gasteiger partial charge in [-0.3, -0.25) is 4.79 Å². The number of likely N-dealkylation sites (tertiary alicyclic amines) is 1. The molecule has 2 aliphatic rings. The number of hydrogen-bond acceptors (Lipinski definition) is 5. The van der Waals surface area contributed by atoms with Gasteiger partial charge in [-0.15, -0.1) is 0 Å². The van der Waals surface area contributed by atoms with E-state index in [2.05, 4.69) is 0 Å². The lowest BCUT2D eigenvalue weighted by Gasteiger charge is -2.32. The quantitative estimate of drug-likeness (QED) is 0.456. The molecule has 0 radical (unpaired) electrons. The van der Waals surface area contributed by atoms with E-state index in [0.29, 0.717) is 49.5 Å². The van der Waals surface area contributed by atoms with Gasteiger partial charge in [-0.05, 0) is 61.2 Å². The van der Waals surface area contributed by atoms with E-state index in [-0.39, 0.29) is 10.5 Å².